The summed E-state index contributed by atoms with van der Waals surface area (Å²) in [6.07, 6.45) is -0.826. The highest BCUT2D eigenvalue weighted by Gasteiger charge is 2.32. The second-order valence-electron chi connectivity index (χ2n) is 4.96. The molecule has 1 aliphatic rings. The zero-order chi connectivity index (χ0) is 16.4. The molecular weight excluding hydrogens is 339 g/mol. The van der Waals surface area contributed by atoms with Gasteiger partial charge in [-0.05, 0) is 25.1 Å². The van der Waals surface area contributed by atoms with Crippen LogP contribution in [0.15, 0.2) is 23.7 Å². The molecule has 9 heteroatoms. The van der Waals surface area contributed by atoms with Gasteiger partial charge in [0.2, 0.25) is 0 Å². The highest BCUT2D eigenvalue weighted by Crippen LogP contribution is 2.29. The number of cyclic esters (lactones) is 1. The highest BCUT2D eigenvalue weighted by atomic mass is 32.1. The van der Waals surface area contributed by atoms with Crippen LogP contribution in [0.4, 0.5) is 14.9 Å². The number of aromatic nitrogens is 2. The number of thiocarbonyl (C=S) groups is 1. The van der Waals surface area contributed by atoms with Crippen LogP contribution in [0.2, 0.25) is 0 Å². The number of anilines is 1. The number of nitrogens with one attached hydrogen (secondary N) is 1. The van der Waals surface area contributed by atoms with E-state index in [2.05, 4.69) is 15.5 Å². The SMILES string of the molecule is CC(=S)NC[C@H]1CN(c2ccc(-c3nncs3)c(F)c2)C(=O)O1. The minimum Gasteiger partial charge on any atom is -0.442 e. The summed E-state index contributed by atoms with van der Waals surface area (Å²) in [6.45, 7) is 2.53. The molecule has 1 atom stereocenters. The fourth-order valence-electron chi connectivity index (χ4n) is 2.23. The van der Waals surface area contributed by atoms with Gasteiger partial charge in [-0.2, -0.15) is 0 Å². The Morgan fingerprint density at radius 3 is 3.09 bits per heavy atom. The summed E-state index contributed by atoms with van der Waals surface area (Å²) in [6, 6.07) is 4.56. The first-order chi connectivity index (χ1) is 11.0. The molecule has 23 heavy (non-hydrogen) atoms. The Labute approximate surface area is 141 Å². The Balaban J connectivity index is 1.76. The molecule has 0 radical (unpaired) electrons. The maximum atomic E-state index is 14.3. The van der Waals surface area contributed by atoms with Crippen molar-refractivity contribution < 1.29 is 13.9 Å². The second kappa shape index (κ2) is 6.55. The van der Waals surface area contributed by atoms with Crippen molar-refractivity contribution in [2.45, 2.75) is 13.0 Å². The highest BCUT2D eigenvalue weighted by molar-refractivity contribution is 7.80. The van der Waals surface area contributed by atoms with E-state index in [1.807, 2.05) is 0 Å². The molecule has 1 aliphatic heterocycles. The fraction of sp³-hybridized carbons (Fsp3) is 0.286. The molecule has 1 fully saturated rings. The maximum Gasteiger partial charge on any atom is 0.414 e. The molecule has 0 bridgehead atoms. The smallest absolute Gasteiger partial charge is 0.414 e. The normalized spacial score (nSPS) is 17.2. The Hall–Kier alpha value is -2.13. The van der Waals surface area contributed by atoms with Gasteiger partial charge in [0.25, 0.3) is 0 Å². The Morgan fingerprint density at radius 2 is 2.43 bits per heavy atom. The number of ether oxygens (including phenoxy) is 1. The minimum absolute atomic E-state index is 0.327. The third-order valence-corrected chi connectivity index (χ3v) is 4.18. The van der Waals surface area contributed by atoms with E-state index in [4.69, 9.17) is 17.0 Å². The second-order valence-corrected chi connectivity index (χ2v) is 6.41. The molecule has 120 valence electrons. The third-order valence-electron chi connectivity index (χ3n) is 3.31. The first-order valence-corrected chi connectivity index (χ1v) is 8.12. The number of hydrogen-bond donors (Lipinski definition) is 1. The average molecular weight is 352 g/mol. The summed E-state index contributed by atoms with van der Waals surface area (Å²) in [7, 11) is 0. The molecule has 0 saturated carbocycles. The number of nitrogens with zero attached hydrogens (tertiary/aromatic N) is 3. The van der Waals surface area contributed by atoms with Gasteiger partial charge < -0.3 is 10.1 Å². The van der Waals surface area contributed by atoms with Crippen LogP contribution >= 0.6 is 23.6 Å². The Bertz CT molecular complexity index is 738. The van der Waals surface area contributed by atoms with E-state index < -0.39 is 11.9 Å². The zero-order valence-electron chi connectivity index (χ0n) is 12.2. The summed E-state index contributed by atoms with van der Waals surface area (Å²) in [5.74, 6) is -0.455. The van der Waals surface area contributed by atoms with E-state index >= 15 is 0 Å². The Kier molecular flexibility index (Phi) is 4.49. The van der Waals surface area contributed by atoms with Crippen LogP contribution < -0.4 is 10.2 Å². The third kappa shape index (κ3) is 3.45. The van der Waals surface area contributed by atoms with Crippen LogP contribution in [0, 0.1) is 5.82 Å². The lowest BCUT2D eigenvalue weighted by atomic mass is 10.2. The van der Waals surface area contributed by atoms with Crippen molar-refractivity contribution in [2.75, 3.05) is 18.0 Å². The number of carbonyl (C=O) groups excluding carboxylic acids is 1. The predicted octanol–water partition coefficient (Wildman–Crippen LogP) is 2.61. The topological polar surface area (TPSA) is 67.3 Å². The summed E-state index contributed by atoms with van der Waals surface area (Å²) < 4.78 is 19.5. The lowest BCUT2D eigenvalue weighted by molar-refractivity contribution is 0.143. The molecule has 2 aromatic rings. The number of hydrogen-bond acceptors (Lipinski definition) is 6. The zero-order valence-corrected chi connectivity index (χ0v) is 13.8. The summed E-state index contributed by atoms with van der Waals surface area (Å²) >= 11 is 6.18. The standard InChI is InChI=1S/C14H13FN4O2S2/c1-8(22)16-5-10-6-19(14(20)21-10)9-2-3-11(12(15)4-9)13-18-17-7-23-13/h2-4,7,10H,5-6H2,1H3,(H,16,22)/t10-/m0/s1. The molecule has 3 rings (SSSR count). The molecule has 6 nitrogen and oxygen atoms in total. The van der Waals surface area contributed by atoms with Crippen LogP contribution in [0.3, 0.4) is 0 Å². The van der Waals surface area contributed by atoms with E-state index in [1.54, 1.807) is 19.1 Å². The van der Waals surface area contributed by atoms with Crippen LogP contribution in [0.1, 0.15) is 6.92 Å². The van der Waals surface area contributed by atoms with Crippen LogP contribution in [-0.2, 0) is 4.74 Å². The average Bonchev–Trinajstić information content (AvgIpc) is 3.14. The summed E-state index contributed by atoms with van der Waals surface area (Å²) in [5, 5.41) is 11.0. The summed E-state index contributed by atoms with van der Waals surface area (Å²) in [4.78, 5) is 14.0. The van der Waals surface area contributed by atoms with E-state index in [0.717, 1.165) is 0 Å². The molecule has 1 aromatic heterocycles. The van der Waals surface area contributed by atoms with Crippen LogP contribution in [0.5, 0.6) is 0 Å². The molecule has 1 amide bonds. The van der Waals surface area contributed by atoms with Gasteiger partial charge in [0.15, 0.2) is 0 Å². The first kappa shape index (κ1) is 15.8. The number of rotatable bonds is 4. The molecular formula is C14H13FN4O2S2. The van der Waals surface area contributed by atoms with Crippen molar-refractivity contribution in [1.29, 1.82) is 0 Å². The van der Waals surface area contributed by atoms with Gasteiger partial charge >= 0.3 is 6.09 Å². The van der Waals surface area contributed by atoms with Crippen molar-refractivity contribution in [3.63, 3.8) is 0 Å². The lowest BCUT2D eigenvalue weighted by Crippen LogP contribution is -2.32. The molecule has 0 unspecified atom stereocenters. The molecule has 1 N–H and O–H groups in total. The van der Waals surface area contributed by atoms with Crippen LogP contribution in [-0.4, -0.2) is 40.5 Å². The van der Waals surface area contributed by atoms with Gasteiger partial charge in [0.1, 0.15) is 22.4 Å². The number of amides is 1. The molecule has 2 heterocycles. The van der Waals surface area contributed by atoms with Gasteiger partial charge in [-0.15, -0.1) is 10.2 Å². The molecule has 0 spiro atoms. The van der Waals surface area contributed by atoms with Crippen molar-refractivity contribution in [3.05, 3.63) is 29.5 Å². The monoisotopic (exact) mass is 352 g/mol. The lowest BCUT2D eigenvalue weighted by Gasteiger charge is -2.14. The van der Waals surface area contributed by atoms with Crippen molar-refractivity contribution in [3.8, 4) is 10.6 Å². The van der Waals surface area contributed by atoms with Crippen molar-refractivity contribution in [2.24, 2.45) is 0 Å². The molecule has 1 saturated heterocycles. The maximum absolute atomic E-state index is 14.3. The number of halogens is 1. The largest absolute Gasteiger partial charge is 0.442 e. The van der Waals surface area contributed by atoms with E-state index in [-0.39, 0.29) is 6.10 Å². The summed E-state index contributed by atoms with van der Waals surface area (Å²) in [5.41, 5.74) is 2.34. The number of carbonyl (C=O) groups is 1. The number of benzene rings is 1. The van der Waals surface area contributed by atoms with Gasteiger partial charge in [-0.25, -0.2) is 9.18 Å². The first-order valence-electron chi connectivity index (χ1n) is 6.83. The molecule has 1 aromatic carbocycles. The van der Waals surface area contributed by atoms with Crippen LogP contribution in [0.25, 0.3) is 10.6 Å². The van der Waals surface area contributed by atoms with Gasteiger partial charge in [-0.3, -0.25) is 4.90 Å². The van der Waals surface area contributed by atoms with Crippen molar-refractivity contribution >= 4 is 40.3 Å². The Morgan fingerprint density at radius 1 is 1.61 bits per heavy atom. The molecule has 0 aliphatic carbocycles. The van der Waals surface area contributed by atoms with E-state index in [0.29, 0.717) is 34.3 Å². The predicted molar refractivity (Wildman–Crippen MR) is 89.2 cm³/mol. The van der Waals surface area contributed by atoms with E-state index in [9.17, 15) is 9.18 Å². The fourth-order valence-corrected chi connectivity index (χ4v) is 2.90. The van der Waals surface area contributed by atoms with Gasteiger partial charge in [-0.1, -0.05) is 23.6 Å². The minimum atomic E-state index is -0.498. The van der Waals surface area contributed by atoms with Crippen molar-refractivity contribution in [1.82, 2.24) is 15.5 Å². The quantitative estimate of drug-likeness (QED) is 0.853. The van der Waals surface area contributed by atoms with E-state index in [1.165, 1.54) is 27.8 Å². The van der Waals surface area contributed by atoms with Gasteiger partial charge in [0, 0.05) is 5.56 Å². The van der Waals surface area contributed by atoms with Gasteiger partial charge in [0.05, 0.1) is 23.8 Å².